The van der Waals surface area contributed by atoms with Gasteiger partial charge in [-0.25, -0.2) is 17.8 Å². The average molecular weight is 364 g/mol. The van der Waals surface area contributed by atoms with E-state index < -0.39 is 16.0 Å². The van der Waals surface area contributed by atoms with Gasteiger partial charge < -0.3 is 4.90 Å². The van der Waals surface area contributed by atoms with E-state index in [1.165, 1.54) is 6.26 Å². The fraction of sp³-hybridized carbons (Fsp3) is 0.800. The molecule has 0 amide bonds. The number of rotatable bonds is 8. The summed E-state index contributed by atoms with van der Waals surface area (Å²) in [5, 5.41) is 3.07. The van der Waals surface area contributed by atoms with Crippen molar-refractivity contribution in [2.75, 3.05) is 38.7 Å². The number of hydrogen-bond donors (Lipinski definition) is 0. The molecule has 0 saturated carbocycles. The Kier molecular flexibility index (Phi) is 6.53. The lowest BCUT2D eigenvalue weighted by Crippen LogP contribution is -2.39. The second kappa shape index (κ2) is 8.00. The fourth-order valence-electron chi connectivity index (χ4n) is 3.04. The van der Waals surface area contributed by atoms with Crippen LogP contribution in [0.25, 0.3) is 0 Å². The lowest BCUT2D eigenvalue weighted by molar-refractivity contribution is 0.183. The lowest BCUT2D eigenvalue weighted by Gasteiger charge is -2.27. The van der Waals surface area contributed by atoms with Crippen LogP contribution >= 0.6 is 11.3 Å². The van der Waals surface area contributed by atoms with Crippen molar-refractivity contribution in [1.82, 2.24) is 14.8 Å². The molecule has 0 spiro atoms. The van der Waals surface area contributed by atoms with Gasteiger partial charge in [-0.2, -0.15) is 0 Å². The zero-order valence-corrected chi connectivity index (χ0v) is 15.7. The fourth-order valence-corrected chi connectivity index (χ4v) is 4.30. The van der Waals surface area contributed by atoms with Gasteiger partial charge in [0.25, 0.3) is 0 Å². The molecule has 1 aliphatic heterocycles. The normalized spacial score (nSPS) is 23.0. The average Bonchev–Trinajstić information content (AvgIpc) is 2.95. The number of thiazole rings is 1. The Hall–Kier alpha value is -0.570. The maximum absolute atomic E-state index is 13.8. The molecule has 0 radical (unpaired) electrons. The van der Waals surface area contributed by atoms with Crippen LogP contribution in [0.3, 0.4) is 0 Å². The van der Waals surface area contributed by atoms with Crippen LogP contribution in [0.4, 0.5) is 4.39 Å². The van der Waals surface area contributed by atoms with E-state index in [1.807, 2.05) is 19.4 Å². The molecular formula is C15H26FN3O2S2. The minimum Gasteiger partial charge on any atom is -0.305 e. The maximum Gasteiger partial charge on any atom is 0.147 e. The molecule has 1 aliphatic rings. The van der Waals surface area contributed by atoms with Gasteiger partial charge in [0.1, 0.15) is 16.0 Å². The van der Waals surface area contributed by atoms with Gasteiger partial charge in [0, 0.05) is 37.3 Å². The zero-order chi connectivity index (χ0) is 17.0. The SMILES string of the molecule is Cc1nc(CN2C[C@@H](F)C[C@H]2CN(C)CCCS(C)(=O)=O)cs1. The third-order valence-electron chi connectivity index (χ3n) is 4.09. The van der Waals surface area contributed by atoms with Gasteiger partial charge in [-0.05, 0) is 33.4 Å². The number of halogens is 1. The van der Waals surface area contributed by atoms with Crippen molar-refractivity contribution >= 4 is 21.2 Å². The molecule has 23 heavy (non-hydrogen) atoms. The predicted octanol–water partition coefficient (Wildman–Crippen LogP) is 1.73. The Balaban J connectivity index is 1.84. The summed E-state index contributed by atoms with van der Waals surface area (Å²) in [7, 11) is -0.938. The number of aryl methyl sites for hydroxylation is 1. The van der Waals surface area contributed by atoms with Gasteiger partial charge in [0.05, 0.1) is 16.5 Å². The molecule has 8 heteroatoms. The second-order valence-electron chi connectivity index (χ2n) is 6.52. The van der Waals surface area contributed by atoms with Crippen molar-refractivity contribution in [3.05, 3.63) is 16.1 Å². The molecule has 132 valence electrons. The Labute approximate surface area is 142 Å². The highest BCUT2D eigenvalue weighted by Crippen LogP contribution is 2.24. The van der Waals surface area contributed by atoms with Crippen molar-refractivity contribution in [3.63, 3.8) is 0 Å². The van der Waals surface area contributed by atoms with Crippen LogP contribution in [0.1, 0.15) is 23.5 Å². The van der Waals surface area contributed by atoms with Gasteiger partial charge in [0.15, 0.2) is 0 Å². The first kappa shape index (κ1) is 18.8. The zero-order valence-electron chi connectivity index (χ0n) is 14.0. The minimum atomic E-state index is -2.91. The van der Waals surface area contributed by atoms with E-state index in [1.54, 1.807) is 11.3 Å². The first-order chi connectivity index (χ1) is 10.7. The van der Waals surface area contributed by atoms with Gasteiger partial charge in [-0.1, -0.05) is 0 Å². The summed E-state index contributed by atoms with van der Waals surface area (Å²) in [5.74, 6) is 0.204. The lowest BCUT2D eigenvalue weighted by atomic mass is 10.2. The summed E-state index contributed by atoms with van der Waals surface area (Å²) in [5.41, 5.74) is 1.01. The minimum absolute atomic E-state index is 0.162. The van der Waals surface area contributed by atoms with Crippen LogP contribution in [0.5, 0.6) is 0 Å². The van der Waals surface area contributed by atoms with Crippen molar-refractivity contribution in [1.29, 1.82) is 0 Å². The van der Waals surface area contributed by atoms with Gasteiger partial charge in [-0.15, -0.1) is 11.3 Å². The van der Waals surface area contributed by atoms with E-state index in [0.29, 0.717) is 32.5 Å². The Bertz CT molecular complexity index is 606. The van der Waals surface area contributed by atoms with E-state index >= 15 is 0 Å². The largest absolute Gasteiger partial charge is 0.305 e. The number of likely N-dealkylation sites (N-methyl/N-ethyl adjacent to an activating group) is 1. The highest BCUT2D eigenvalue weighted by molar-refractivity contribution is 7.90. The molecule has 0 bridgehead atoms. The van der Waals surface area contributed by atoms with Crippen LogP contribution in [0.15, 0.2) is 5.38 Å². The van der Waals surface area contributed by atoms with E-state index in [9.17, 15) is 12.8 Å². The molecule has 0 aliphatic carbocycles. The Morgan fingerprint density at radius 1 is 1.52 bits per heavy atom. The van der Waals surface area contributed by atoms with Crippen LogP contribution in [-0.4, -0.2) is 74.1 Å². The second-order valence-corrected chi connectivity index (χ2v) is 9.84. The first-order valence-corrected chi connectivity index (χ1v) is 10.8. The van der Waals surface area contributed by atoms with Crippen LogP contribution < -0.4 is 0 Å². The molecule has 2 heterocycles. The van der Waals surface area contributed by atoms with E-state index in [2.05, 4.69) is 14.8 Å². The number of aromatic nitrogens is 1. The first-order valence-electron chi connectivity index (χ1n) is 7.88. The molecule has 1 fully saturated rings. The predicted molar refractivity (Wildman–Crippen MR) is 92.4 cm³/mol. The van der Waals surface area contributed by atoms with Gasteiger partial charge >= 0.3 is 0 Å². The Morgan fingerprint density at radius 2 is 2.26 bits per heavy atom. The molecular weight excluding hydrogens is 337 g/mol. The number of alkyl halides is 1. The van der Waals surface area contributed by atoms with Crippen LogP contribution in [-0.2, 0) is 16.4 Å². The molecule has 0 aromatic carbocycles. The van der Waals surface area contributed by atoms with E-state index in [-0.39, 0.29) is 11.8 Å². The summed E-state index contributed by atoms with van der Waals surface area (Å²) in [6.45, 7) is 4.59. The molecule has 2 atom stereocenters. The van der Waals surface area contributed by atoms with Crippen molar-refractivity contribution in [2.45, 2.75) is 38.5 Å². The van der Waals surface area contributed by atoms with Gasteiger partial charge in [-0.3, -0.25) is 4.90 Å². The molecule has 0 N–H and O–H groups in total. The monoisotopic (exact) mass is 363 g/mol. The van der Waals surface area contributed by atoms with Gasteiger partial charge in [0.2, 0.25) is 0 Å². The van der Waals surface area contributed by atoms with Crippen molar-refractivity contribution in [2.24, 2.45) is 0 Å². The van der Waals surface area contributed by atoms with Crippen LogP contribution in [0.2, 0.25) is 0 Å². The third kappa shape index (κ3) is 6.45. The summed E-state index contributed by atoms with van der Waals surface area (Å²) in [6.07, 6.45) is 1.63. The topological polar surface area (TPSA) is 53.5 Å². The van der Waals surface area contributed by atoms with Crippen molar-refractivity contribution in [3.8, 4) is 0 Å². The summed E-state index contributed by atoms with van der Waals surface area (Å²) < 4.78 is 36.2. The molecule has 5 nitrogen and oxygen atoms in total. The van der Waals surface area contributed by atoms with Crippen molar-refractivity contribution < 1.29 is 12.8 Å². The molecule has 1 aromatic heterocycles. The number of hydrogen-bond acceptors (Lipinski definition) is 6. The third-order valence-corrected chi connectivity index (χ3v) is 5.94. The summed E-state index contributed by atoms with van der Waals surface area (Å²) in [6, 6.07) is 0.162. The molecule has 1 saturated heterocycles. The van der Waals surface area contributed by atoms with E-state index in [4.69, 9.17) is 0 Å². The summed E-state index contributed by atoms with van der Waals surface area (Å²) in [4.78, 5) is 8.73. The molecule has 0 unspecified atom stereocenters. The summed E-state index contributed by atoms with van der Waals surface area (Å²) >= 11 is 1.62. The number of likely N-dealkylation sites (tertiary alicyclic amines) is 1. The quantitative estimate of drug-likeness (QED) is 0.704. The van der Waals surface area contributed by atoms with E-state index in [0.717, 1.165) is 17.2 Å². The molecule has 1 aromatic rings. The molecule has 2 rings (SSSR count). The highest BCUT2D eigenvalue weighted by Gasteiger charge is 2.32. The van der Waals surface area contributed by atoms with Crippen LogP contribution in [0, 0.1) is 6.92 Å². The number of sulfone groups is 1. The smallest absolute Gasteiger partial charge is 0.147 e. The maximum atomic E-state index is 13.8. The highest BCUT2D eigenvalue weighted by atomic mass is 32.2. The number of nitrogens with zero attached hydrogens (tertiary/aromatic N) is 3. The standard InChI is InChI=1S/C15H26FN3O2S2/c1-12-17-14(11-22-12)9-19-8-13(16)7-15(19)10-18(2)5-4-6-23(3,20)21/h11,13,15H,4-10H2,1-3H3/t13-,15-/m0/s1. The Morgan fingerprint density at radius 3 is 2.87 bits per heavy atom.